The molecule has 1 heterocycles. The topological polar surface area (TPSA) is 82.1 Å². The van der Waals surface area contributed by atoms with Gasteiger partial charge in [0.2, 0.25) is 11.8 Å². The summed E-state index contributed by atoms with van der Waals surface area (Å²) in [7, 11) is 0. The van der Waals surface area contributed by atoms with Crippen molar-refractivity contribution >= 4 is 17.4 Å². The van der Waals surface area contributed by atoms with E-state index in [9.17, 15) is 14.5 Å². The highest BCUT2D eigenvalue weighted by Gasteiger charge is 2.17. The predicted octanol–water partition coefficient (Wildman–Crippen LogP) is 4.64. The van der Waals surface area contributed by atoms with E-state index in [1.165, 1.54) is 36.0 Å². The Morgan fingerprint density at radius 1 is 1.12 bits per heavy atom. The minimum Gasteiger partial charge on any atom is -0.419 e. The van der Waals surface area contributed by atoms with Gasteiger partial charge >= 0.3 is 0 Å². The van der Waals surface area contributed by atoms with Crippen molar-refractivity contribution in [3.05, 3.63) is 70.4 Å². The largest absolute Gasteiger partial charge is 0.419 e. The van der Waals surface area contributed by atoms with Crippen LogP contribution in [0.2, 0.25) is 0 Å². The number of aromatic nitrogens is 2. The summed E-state index contributed by atoms with van der Waals surface area (Å²) in [5.74, 6) is 0.439. The molecule has 0 N–H and O–H groups in total. The summed E-state index contributed by atoms with van der Waals surface area (Å²) in [4.78, 5) is 11.1. The van der Waals surface area contributed by atoms with Crippen LogP contribution in [0.25, 0.3) is 11.5 Å². The molecular formula is C16H12FN3O3S. The van der Waals surface area contributed by atoms with E-state index in [-0.39, 0.29) is 16.8 Å². The molecule has 0 saturated heterocycles. The number of non-ortho nitro benzene ring substituents is 1. The van der Waals surface area contributed by atoms with Crippen molar-refractivity contribution in [2.24, 2.45) is 0 Å². The van der Waals surface area contributed by atoms with Gasteiger partial charge in [0.25, 0.3) is 5.69 Å². The Bertz CT molecular complexity index is 850. The average Bonchev–Trinajstić information content (AvgIpc) is 3.07. The molecule has 0 aliphatic carbocycles. The van der Waals surface area contributed by atoms with Crippen LogP contribution in [0.4, 0.5) is 10.1 Å². The first-order valence-corrected chi connectivity index (χ1v) is 7.91. The maximum Gasteiger partial charge on any atom is 0.269 e. The van der Waals surface area contributed by atoms with Crippen LogP contribution >= 0.6 is 11.8 Å². The molecule has 0 spiro atoms. The van der Waals surface area contributed by atoms with Crippen LogP contribution in [0.15, 0.2) is 57.8 Å². The number of nitro benzene ring substituents is 1. The van der Waals surface area contributed by atoms with Gasteiger partial charge in [0.05, 0.1) is 10.2 Å². The quantitative estimate of drug-likeness (QED) is 0.381. The molecule has 6 nitrogen and oxygen atoms in total. The zero-order valence-corrected chi connectivity index (χ0v) is 13.4. The fourth-order valence-electron chi connectivity index (χ4n) is 2.01. The van der Waals surface area contributed by atoms with E-state index in [1.807, 2.05) is 6.92 Å². The maximum atomic E-state index is 12.9. The highest BCUT2D eigenvalue weighted by atomic mass is 32.2. The standard InChI is InChI=1S/C16H12FN3O3S/c1-10(24-14-8-4-12(17)5-9-14)15-18-19-16(23-15)11-2-6-13(7-3-11)20(21)22/h2-10H,1H3/t10-/m1/s1. The number of benzene rings is 2. The Balaban J connectivity index is 1.74. The number of nitro groups is 1. The van der Waals surface area contributed by atoms with E-state index in [4.69, 9.17) is 4.42 Å². The molecular weight excluding hydrogens is 333 g/mol. The Labute approximate surface area is 140 Å². The molecule has 0 aliphatic heterocycles. The van der Waals surface area contributed by atoms with Crippen LogP contribution in [0, 0.1) is 15.9 Å². The lowest BCUT2D eigenvalue weighted by molar-refractivity contribution is -0.384. The number of rotatable bonds is 5. The number of hydrogen-bond donors (Lipinski definition) is 0. The second kappa shape index (κ2) is 6.79. The van der Waals surface area contributed by atoms with Crippen molar-refractivity contribution in [3.8, 4) is 11.5 Å². The minimum atomic E-state index is -0.468. The molecule has 0 radical (unpaired) electrons. The smallest absolute Gasteiger partial charge is 0.269 e. The summed E-state index contributed by atoms with van der Waals surface area (Å²) in [5, 5.41) is 18.5. The lowest BCUT2D eigenvalue weighted by Gasteiger charge is -2.06. The second-order valence-electron chi connectivity index (χ2n) is 4.96. The van der Waals surface area contributed by atoms with Gasteiger partial charge in [-0.05, 0) is 43.3 Å². The van der Waals surface area contributed by atoms with Crippen molar-refractivity contribution in [2.75, 3.05) is 0 Å². The third-order valence-corrected chi connectivity index (χ3v) is 4.34. The summed E-state index contributed by atoms with van der Waals surface area (Å²) < 4.78 is 18.6. The predicted molar refractivity (Wildman–Crippen MR) is 87.1 cm³/mol. The Morgan fingerprint density at radius 2 is 1.79 bits per heavy atom. The number of hydrogen-bond acceptors (Lipinski definition) is 6. The third-order valence-electron chi connectivity index (χ3n) is 3.24. The van der Waals surface area contributed by atoms with E-state index in [2.05, 4.69) is 10.2 Å². The fourth-order valence-corrected chi connectivity index (χ4v) is 2.91. The molecule has 1 aromatic heterocycles. The van der Waals surface area contributed by atoms with Crippen LogP contribution in [-0.4, -0.2) is 15.1 Å². The molecule has 3 rings (SSSR count). The van der Waals surface area contributed by atoms with Gasteiger partial charge in [-0.15, -0.1) is 22.0 Å². The summed E-state index contributed by atoms with van der Waals surface area (Å²) in [5.41, 5.74) is 0.608. The minimum absolute atomic E-state index is 0.00118. The molecule has 3 aromatic rings. The molecule has 122 valence electrons. The monoisotopic (exact) mass is 345 g/mol. The first-order chi connectivity index (χ1) is 11.5. The average molecular weight is 345 g/mol. The van der Waals surface area contributed by atoms with Crippen molar-refractivity contribution < 1.29 is 13.7 Å². The van der Waals surface area contributed by atoms with Gasteiger partial charge in [-0.3, -0.25) is 10.1 Å². The molecule has 0 unspecified atom stereocenters. The lowest BCUT2D eigenvalue weighted by atomic mass is 10.2. The normalized spacial score (nSPS) is 12.1. The Hall–Kier alpha value is -2.74. The van der Waals surface area contributed by atoms with Crippen LogP contribution in [0.3, 0.4) is 0 Å². The zero-order chi connectivity index (χ0) is 17.1. The first-order valence-electron chi connectivity index (χ1n) is 7.03. The van der Waals surface area contributed by atoms with Crippen molar-refractivity contribution in [1.29, 1.82) is 0 Å². The number of halogens is 1. The van der Waals surface area contributed by atoms with Gasteiger partial charge < -0.3 is 4.42 Å². The highest BCUT2D eigenvalue weighted by molar-refractivity contribution is 7.99. The fraction of sp³-hybridized carbons (Fsp3) is 0.125. The van der Waals surface area contributed by atoms with E-state index in [0.717, 1.165) is 4.90 Å². The second-order valence-corrected chi connectivity index (χ2v) is 6.38. The third kappa shape index (κ3) is 3.60. The van der Waals surface area contributed by atoms with E-state index in [1.54, 1.807) is 24.3 Å². The molecule has 2 aromatic carbocycles. The summed E-state index contributed by atoms with van der Waals surface area (Å²) in [6.07, 6.45) is 0. The molecule has 0 aliphatic rings. The van der Waals surface area contributed by atoms with Gasteiger partial charge in [-0.1, -0.05) is 0 Å². The summed E-state index contributed by atoms with van der Waals surface area (Å²) in [6.45, 7) is 1.90. The summed E-state index contributed by atoms with van der Waals surface area (Å²) >= 11 is 1.47. The first kappa shape index (κ1) is 16.1. The zero-order valence-electron chi connectivity index (χ0n) is 12.5. The van der Waals surface area contributed by atoms with Gasteiger partial charge in [0, 0.05) is 22.6 Å². The van der Waals surface area contributed by atoms with Gasteiger partial charge in [-0.25, -0.2) is 4.39 Å². The molecule has 0 saturated carbocycles. The van der Waals surface area contributed by atoms with Crippen molar-refractivity contribution in [1.82, 2.24) is 10.2 Å². The maximum absolute atomic E-state index is 12.9. The Kier molecular flexibility index (Phi) is 4.57. The number of thioether (sulfide) groups is 1. The van der Waals surface area contributed by atoms with Crippen LogP contribution in [0.1, 0.15) is 18.1 Å². The molecule has 8 heteroatoms. The highest BCUT2D eigenvalue weighted by Crippen LogP contribution is 2.35. The van der Waals surface area contributed by atoms with Gasteiger partial charge in [-0.2, -0.15) is 0 Å². The van der Waals surface area contributed by atoms with Gasteiger partial charge in [0.1, 0.15) is 5.82 Å². The number of nitrogens with zero attached hydrogens (tertiary/aromatic N) is 3. The lowest BCUT2D eigenvalue weighted by Crippen LogP contribution is -1.88. The van der Waals surface area contributed by atoms with Crippen molar-refractivity contribution in [3.63, 3.8) is 0 Å². The van der Waals surface area contributed by atoms with Crippen LogP contribution < -0.4 is 0 Å². The van der Waals surface area contributed by atoms with E-state index < -0.39 is 4.92 Å². The molecule has 0 fully saturated rings. The van der Waals surface area contributed by atoms with Crippen LogP contribution in [0.5, 0.6) is 0 Å². The molecule has 0 bridgehead atoms. The molecule has 24 heavy (non-hydrogen) atoms. The van der Waals surface area contributed by atoms with E-state index in [0.29, 0.717) is 17.3 Å². The van der Waals surface area contributed by atoms with Gasteiger partial charge in [0.15, 0.2) is 0 Å². The van der Waals surface area contributed by atoms with E-state index >= 15 is 0 Å². The summed E-state index contributed by atoms with van der Waals surface area (Å²) in [6, 6.07) is 12.1. The molecule has 0 amide bonds. The van der Waals surface area contributed by atoms with Crippen LogP contribution in [-0.2, 0) is 0 Å². The molecule has 1 atom stereocenters. The van der Waals surface area contributed by atoms with Crippen molar-refractivity contribution in [2.45, 2.75) is 17.1 Å². The SMILES string of the molecule is C[C@@H](Sc1ccc(F)cc1)c1nnc(-c2ccc([N+](=O)[O-])cc2)o1. The Morgan fingerprint density at radius 3 is 2.42 bits per heavy atom.